The number of anilines is 1. The van der Waals surface area contributed by atoms with Gasteiger partial charge in [-0.05, 0) is 51.7 Å². The summed E-state index contributed by atoms with van der Waals surface area (Å²) in [6, 6.07) is 3.86. The van der Waals surface area contributed by atoms with Crippen molar-refractivity contribution in [1.29, 1.82) is 0 Å². The molecule has 0 radical (unpaired) electrons. The van der Waals surface area contributed by atoms with Crippen LogP contribution in [-0.2, 0) is 4.74 Å². The van der Waals surface area contributed by atoms with Crippen LogP contribution in [-0.4, -0.2) is 60.6 Å². The topological polar surface area (TPSA) is 45.7 Å². The van der Waals surface area contributed by atoms with Crippen LogP contribution in [0.2, 0.25) is 0 Å². The maximum atomic E-state index is 11.3. The summed E-state index contributed by atoms with van der Waals surface area (Å²) < 4.78 is 5.82. The van der Waals surface area contributed by atoms with Crippen LogP contribution in [0.1, 0.15) is 44.0 Å². The lowest BCUT2D eigenvalue weighted by atomic mass is 9.95. The Morgan fingerprint density at radius 2 is 1.88 bits per heavy atom. The predicted octanol–water partition coefficient (Wildman–Crippen LogP) is 2.61. The smallest absolute Gasteiger partial charge is 0.161 e. The highest BCUT2D eigenvalue weighted by atomic mass is 16.5. The van der Waals surface area contributed by atoms with E-state index in [1.807, 2.05) is 12.1 Å². The zero-order valence-corrected chi connectivity index (χ0v) is 15.1. The molecule has 1 aromatic rings. The van der Waals surface area contributed by atoms with Crippen molar-refractivity contribution < 1.29 is 9.53 Å². The number of Topliss-reactive ketones (excluding diaryl/α,β-unsaturated/α-hetero) is 1. The fourth-order valence-corrected chi connectivity index (χ4v) is 3.92. The summed E-state index contributed by atoms with van der Waals surface area (Å²) in [5.41, 5.74) is 0.684. The zero-order valence-electron chi connectivity index (χ0n) is 15.1. The zero-order chi connectivity index (χ0) is 17.1. The molecule has 0 spiro atoms. The first-order valence-corrected chi connectivity index (χ1v) is 9.11. The largest absolute Gasteiger partial charge is 0.373 e. The maximum Gasteiger partial charge on any atom is 0.161 e. The number of piperidine rings is 1. The Hall–Kier alpha value is -1.46. The van der Waals surface area contributed by atoms with Crippen LogP contribution in [0.25, 0.3) is 0 Å². The number of ketones is 1. The number of hydrogen-bond acceptors (Lipinski definition) is 5. The molecule has 2 saturated heterocycles. The summed E-state index contributed by atoms with van der Waals surface area (Å²) in [5.74, 6) is 1.82. The third-order valence-corrected chi connectivity index (χ3v) is 5.10. The Balaban J connectivity index is 1.49. The third kappa shape index (κ3) is 4.33. The fraction of sp³-hybridized carbons (Fsp3) is 0.684. The van der Waals surface area contributed by atoms with Gasteiger partial charge in [0.1, 0.15) is 5.82 Å². The molecule has 5 nitrogen and oxygen atoms in total. The van der Waals surface area contributed by atoms with Crippen molar-refractivity contribution in [2.75, 3.05) is 37.6 Å². The highest BCUT2D eigenvalue weighted by molar-refractivity contribution is 5.93. The second-order valence-electron chi connectivity index (χ2n) is 7.37. The molecule has 5 heteroatoms. The van der Waals surface area contributed by atoms with Crippen LogP contribution in [0.5, 0.6) is 0 Å². The highest BCUT2D eigenvalue weighted by Gasteiger charge is 2.26. The van der Waals surface area contributed by atoms with E-state index in [0.29, 0.717) is 17.8 Å². The van der Waals surface area contributed by atoms with Crippen molar-refractivity contribution in [3.8, 4) is 0 Å². The molecule has 0 amide bonds. The van der Waals surface area contributed by atoms with Crippen LogP contribution in [0.4, 0.5) is 5.82 Å². The number of aromatic nitrogens is 1. The lowest BCUT2D eigenvalue weighted by Gasteiger charge is -2.39. The molecular weight excluding hydrogens is 302 g/mol. The second-order valence-corrected chi connectivity index (χ2v) is 7.37. The first-order valence-electron chi connectivity index (χ1n) is 9.11. The monoisotopic (exact) mass is 331 g/mol. The number of pyridine rings is 1. The van der Waals surface area contributed by atoms with E-state index in [4.69, 9.17) is 4.74 Å². The summed E-state index contributed by atoms with van der Waals surface area (Å²) >= 11 is 0. The van der Waals surface area contributed by atoms with Crippen LogP contribution in [0.3, 0.4) is 0 Å². The third-order valence-electron chi connectivity index (χ3n) is 5.10. The van der Waals surface area contributed by atoms with Gasteiger partial charge in [-0.15, -0.1) is 0 Å². The van der Waals surface area contributed by atoms with Gasteiger partial charge >= 0.3 is 0 Å². The molecule has 0 aromatic carbocycles. The van der Waals surface area contributed by atoms with E-state index < -0.39 is 0 Å². The summed E-state index contributed by atoms with van der Waals surface area (Å²) in [6.45, 7) is 11.3. The molecule has 0 bridgehead atoms. The van der Waals surface area contributed by atoms with E-state index in [1.165, 1.54) is 19.4 Å². The highest BCUT2D eigenvalue weighted by Crippen LogP contribution is 2.24. The predicted molar refractivity (Wildman–Crippen MR) is 95.6 cm³/mol. The number of rotatable bonds is 4. The number of nitrogens with zero attached hydrogens (tertiary/aromatic N) is 3. The van der Waals surface area contributed by atoms with Crippen LogP contribution >= 0.6 is 0 Å². The molecule has 0 unspecified atom stereocenters. The molecule has 0 N–H and O–H groups in total. The standard InChI is InChI=1S/C19H29N3O2/c1-14-11-21(12-15(2)24-14)13-17-6-8-22(9-7-17)19-5-4-18(10-20-19)16(3)23/h4-5,10,14-15,17H,6-9,11-13H2,1-3H3/t14-,15-/m1/s1. The van der Waals surface area contributed by atoms with Crippen LogP contribution in [0.15, 0.2) is 18.3 Å². The maximum absolute atomic E-state index is 11.3. The molecule has 0 aliphatic carbocycles. The number of morpholine rings is 1. The van der Waals surface area contributed by atoms with Gasteiger partial charge in [0.25, 0.3) is 0 Å². The van der Waals surface area contributed by atoms with E-state index in [2.05, 4.69) is 28.6 Å². The Bertz CT molecular complexity index is 542. The van der Waals surface area contributed by atoms with Crippen molar-refractivity contribution in [3.05, 3.63) is 23.9 Å². The molecule has 2 aliphatic rings. The molecule has 1 aromatic heterocycles. The van der Waals surface area contributed by atoms with E-state index in [-0.39, 0.29) is 5.78 Å². The van der Waals surface area contributed by atoms with Crippen molar-refractivity contribution in [3.63, 3.8) is 0 Å². The Morgan fingerprint density at radius 1 is 1.21 bits per heavy atom. The summed E-state index contributed by atoms with van der Waals surface area (Å²) in [7, 11) is 0. The number of carbonyl (C=O) groups is 1. The van der Waals surface area contributed by atoms with E-state index in [9.17, 15) is 4.79 Å². The lowest BCUT2D eigenvalue weighted by Crippen LogP contribution is -2.48. The van der Waals surface area contributed by atoms with Crippen molar-refractivity contribution in [2.24, 2.45) is 5.92 Å². The van der Waals surface area contributed by atoms with Gasteiger partial charge in [-0.2, -0.15) is 0 Å². The van der Waals surface area contributed by atoms with Gasteiger partial charge in [-0.1, -0.05) is 0 Å². The minimum Gasteiger partial charge on any atom is -0.373 e. The minimum absolute atomic E-state index is 0.0710. The first kappa shape index (κ1) is 17.4. The van der Waals surface area contributed by atoms with Gasteiger partial charge in [0.2, 0.25) is 0 Å². The normalized spacial score (nSPS) is 26.5. The van der Waals surface area contributed by atoms with Gasteiger partial charge in [-0.25, -0.2) is 4.98 Å². The summed E-state index contributed by atoms with van der Waals surface area (Å²) in [6.07, 6.45) is 4.79. The molecule has 24 heavy (non-hydrogen) atoms. The van der Waals surface area contributed by atoms with E-state index in [0.717, 1.165) is 37.9 Å². The van der Waals surface area contributed by atoms with Gasteiger partial charge in [-0.3, -0.25) is 9.69 Å². The molecule has 3 heterocycles. The van der Waals surface area contributed by atoms with Crippen LogP contribution in [0, 0.1) is 5.92 Å². The molecule has 132 valence electrons. The second kappa shape index (κ2) is 7.62. The molecule has 0 saturated carbocycles. The van der Waals surface area contributed by atoms with Gasteiger partial charge in [0.15, 0.2) is 5.78 Å². The number of ether oxygens (including phenoxy) is 1. The number of carbonyl (C=O) groups excluding carboxylic acids is 1. The molecule has 2 atom stereocenters. The van der Waals surface area contributed by atoms with E-state index in [1.54, 1.807) is 13.1 Å². The Labute approximate surface area is 145 Å². The van der Waals surface area contributed by atoms with Crippen molar-refractivity contribution in [1.82, 2.24) is 9.88 Å². The van der Waals surface area contributed by atoms with Gasteiger partial charge < -0.3 is 9.64 Å². The van der Waals surface area contributed by atoms with Gasteiger partial charge in [0.05, 0.1) is 12.2 Å². The van der Waals surface area contributed by atoms with Crippen LogP contribution < -0.4 is 4.90 Å². The molecule has 2 aliphatic heterocycles. The average Bonchev–Trinajstić information content (AvgIpc) is 2.55. The van der Waals surface area contributed by atoms with E-state index >= 15 is 0 Å². The Kier molecular flexibility index (Phi) is 5.51. The fourth-order valence-electron chi connectivity index (χ4n) is 3.92. The quantitative estimate of drug-likeness (QED) is 0.794. The molecule has 2 fully saturated rings. The molecule has 3 rings (SSSR count). The average molecular weight is 331 g/mol. The summed E-state index contributed by atoms with van der Waals surface area (Å²) in [4.78, 5) is 20.7. The molecular formula is C19H29N3O2. The minimum atomic E-state index is 0.0710. The first-order chi connectivity index (χ1) is 11.5. The van der Waals surface area contributed by atoms with Crippen molar-refractivity contribution in [2.45, 2.75) is 45.8 Å². The van der Waals surface area contributed by atoms with Crippen molar-refractivity contribution >= 4 is 11.6 Å². The Morgan fingerprint density at radius 3 is 2.42 bits per heavy atom. The lowest BCUT2D eigenvalue weighted by molar-refractivity contribution is -0.0720. The van der Waals surface area contributed by atoms with Gasteiger partial charge in [0, 0.05) is 44.5 Å². The number of hydrogen-bond donors (Lipinski definition) is 0. The summed E-state index contributed by atoms with van der Waals surface area (Å²) in [5, 5.41) is 0. The SMILES string of the molecule is CC(=O)c1ccc(N2CCC(CN3C[C@@H](C)O[C@H](C)C3)CC2)nc1.